The van der Waals surface area contributed by atoms with Crippen LogP contribution in [0, 0.1) is 0 Å². The van der Waals surface area contributed by atoms with Gasteiger partial charge in [-0.2, -0.15) is 0 Å². The van der Waals surface area contributed by atoms with Gasteiger partial charge in [-0.3, -0.25) is 4.79 Å². The van der Waals surface area contributed by atoms with Crippen LogP contribution in [-0.4, -0.2) is 42.1 Å². The summed E-state index contributed by atoms with van der Waals surface area (Å²) >= 11 is 0. The Hall–Kier alpha value is -2.53. The van der Waals surface area contributed by atoms with Crippen molar-refractivity contribution in [2.45, 2.75) is 38.8 Å². The van der Waals surface area contributed by atoms with Gasteiger partial charge in [-0.25, -0.2) is 0 Å². The molecule has 0 spiro atoms. The van der Waals surface area contributed by atoms with E-state index in [-0.39, 0.29) is 12.7 Å². The van der Waals surface area contributed by atoms with Gasteiger partial charge in [0.15, 0.2) is 11.5 Å². The number of benzene rings is 2. The summed E-state index contributed by atoms with van der Waals surface area (Å²) in [6, 6.07) is 16.1. The Kier molecular flexibility index (Phi) is 6.12. The molecule has 0 bridgehead atoms. The van der Waals surface area contributed by atoms with Gasteiger partial charge in [0.25, 0.3) is 0 Å². The molecule has 2 aromatic carbocycles. The molecule has 0 saturated carbocycles. The number of carbonyl (C=O) groups excluding carboxylic acids is 1. The maximum atomic E-state index is 13.1. The van der Waals surface area contributed by atoms with Crippen molar-refractivity contribution in [3.63, 3.8) is 0 Å². The molecule has 0 aliphatic carbocycles. The summed E-state index contributed by atoms with van der Waals surface area (Å²) in [5.41, 5.74) is 2.21. The van der Waals surface area contributed by atoms with Crippen molar-refractivity contribution in [2.24, 2.45) is 0 Å². The van der Waals surface area contributed by atoms with Gasteiger partial charge in [0.2, 0.25) is 12.7 Å². The molecule has 0 aromatic heterocycles. The van der Waals surface area contributed by atoms with Crippen molar-refractivity contribution < 1.29 is 14.3 Å². The second kappa shape index (κ2) is 9.11. The molecule has 28 heavy (non-hydrogen) atoms. The Morgan fingerprint density at radius 1 is 0.893 bits per heavy atom. The third-order valence-electron chi connectivity index (χ3n) is 5.47. The molecule has 2 aromatic rings. The first kappa shape index (κ1) is 18.8. The average molecular weight is 380 g/mol. The monoisotopic (exact) mass is 380 g/mol. The molecule has 0 radical (unpaired) electrons. The highest BCUT2D eigenvalue weighted by Gasteiger charge is 2.19. The van der Waals surface area contributed by atoms with E-state index in [0.29, 0.717) is 19.5 Å². The van der Waals surface area contributed by atoms with Gasteiger partial charge >= 0.3 is 0 Å². The molecular weight excluding hydrogens is 352 g/mol. The van der Waals surface area contributed by atoms with Crippen molar-refractivity contribution in [1.82, 2.24) is 9.80 Å². The lowest BCUT2D eigenvalue weighted by Gasteiger charge is -2.28. The summed E-state index contributed by atoms with van der Waals surface area (Å²) < 4.78 is 10.9. The van der Waals surface area contributed by atoms with E-state index in [4.69, 9.17) is 9.47 Å². The van der Waals surface area contributed by atoms with Crippen LogP contribution in [0.2, 0.25) is 0 Å². The second-order valence-electron chi connectivity index (χ2n) is 7.58. The van der Waals surface area contributed by atoms with E-state index >= 15 is 0 Å². The molecule has 1 amide bonds. The fraction of sp³-hybridized carbons (Fsp3) is 0.435. The molecule has 148 valence electrons. The Morgan fingerprint density at radius 3 is 2.46 bits per heavy atom. The number of carbonyl (C=O) groups is 1. The minimum Gasteiger partial charge on any atom is -0.454 e. The molecule has 0 N–H and O–H groups in total. The van der Waals surface area contributed by atoms with Crippen LogP contribution < -0.4 is 9.47 Å². The smallest absolute Gasteiger partial charge is 0.231 e. The molecule has 1 fully saturated rings. The van der Waals surface area contributed by atoms with Crippen molar-refractivity contribution >= 4 is 5.91 Å². The number of hydrogen-bond acceptors (Lipinski definition) is 4. The molecule has 0 atom stereocenters. The molecule has 1 saturated heterocycles. The van der Waals surface area contributed by atoms with Gasteiger partial charge in [-0.15, -0.1) is 0 Å². The average Bonchev–Trinajstić information content (AvgIpc) is 3.21. The van der Waals surface area contributed by atoms with Gasteiger partial charge in [0.1, 0.15) is 0 Å². The van der Waals surface area contributed by atoms with E-state index in [1.54, 1.807) is 0 Å². The number of likely N-dealkylation sites (tertiary alicyclic amines) is 1. The highest BCUT2D eigenvalue weighted by Crippen LogP contribution is 2.33. The zero-order valence-electron chi connectivity index (χ0n) is 16.3. The topological polar surface area (TPSA) is 42.0 Å². The fourth-order valence-corrected chi connectivity index (χ4v) is 3.89. The molecule has 2 aliphatic heterocycles. The molecule has 0 unspecified atom stereocenters. The fourth-order valence-electron chi connectivity index (χ4n) is 3.89. The van der Waals surface area contributed by atoms with Crippen molar-refractivity contribution in [2.75, 3.05) is 26.4 Å². The lowest BCUT2D eigenvalue weighted by molar-refractivity contribution is -0.132. The molecule has 2 aliphatic rings. The normalized spacial score (nSPS) is 16.1. The lowest BCUT2D eigenvalue weighted by atomic mass is 10.1. The minimum absolute atomic E-state index is 0.201. The van der Waals surface area contributed by atoms with Gasteiger partial charge in [0, 0.05) is 26.1 Å². The largest absolute Gasteiger partial charge is 0.454 e. The van der Waals surface area contributed by atoms with Gasteiger partial charge in [-0.05, 0) is 49.2 Å². The Labute approximate surface area is 166 Å². The summed E-state index contributed by atoms with van der Waals surface area (Å²) in [5, 5.41) is 0. The van der Waals surface area contributed by atoms with E-state index in [2.05, 4.69) is 17.0 Å². The standard InChI is InChI=1S/C23H28N2O3/c26-23(11-14-24-12-5-2-6-13-24)25(16-19-7-3-1-4-8-19)17-20-9-10-21-22(15-20)28-18-27-21/h1,3-4,7-10,15H,2,5-6,11-14,16-18H2. The van der Waals surface area contributed by atoms with E-state index in [0.717, 1.165) is 42.3 Å². The van der Waals surface area contributed by atoms with Crippen LogP contribution in [0.15, 0.2) is 48.5 Å². The number of hydrogen-bond donors (Lipinski definition) is 0. The Morgan fingerprint density at radius 2 is 1.64 bits per heavy atom. The third kappa shape index (κ3) is 4.84. The van der Waals surface area contributed by atoms with E-state index in [1.807, 2.05) is 41.3 Å². The highest BCUT2D eigenvalue weighted by molar-refractivity contribution is 5.76. The predicted octanol–water partition coefficient (Wildman–Crippen LogP) is 3.82. The number of amides is 1. The first-order chi connectivity index (χ1) is 13.8. The number of fused-ring (bicyclic) bond motifs is 1. The highest BCUT2D eigenvalue weighted by atomic mass is 16.7. The quantitative estimate of drug-likeness (QED) is 0.732. The first-order valence-corrected chi connectivity index (χ1v) is 10.2. The van der Waals surface area contributed by atoms with Gasteiger partial charge < -0.3 is 19.3 Å². The number of nitrogens with zero attached hydrogens (tertiary/aromatic N) is 2. The molecular formula is C23H28N2O3. The summed E-state index contributed by atoms with van der Waals surface area (Å²) in [7, 11) is 0. The molecule has 2 heterocycles. The third-order valence-corrected chi connectivity index (χ3v) is 5.47. The maximum Gasteiger partial charge on any atom is 0.231 e. The van der Waals surface area contributed by atoms with Crippen LogP contribution in [0.1, 0.15) is 36.8 Å². The predicted molar refractivity (Wildman–Crippen MR) is 108 cm³/mol. The Balaban J connectivity index is 1.44. The molecule has 5 nitrogen and oxygen atoms in total. The van der Waals surface area contributed by atoms with Crippen molar-refractivity contribution in [3.8, 4) is 11.5 Å². The van der Waals surface area contributed by atoms with Crippen LogP contribution in [-0.2, 0) is 17.9 Å². The lowest BCUT2D eigenvalue weighted by Crippen LogP contribution is -2.36. The summed E-state index contributed by atoms with van der Waals surface area (Å²) in [6.07, 6.45) is 4.38. The van der Waals surface area contributed by atoms with Crippen molar-refractivity contribution in [1.29, 1.82) is 0 Å². The maximum absolute atomic E-state index is 13.1. The van der Waals surface area contributed by atoms with E-state index in [9.17, 15) is 4.79 Å². The number of rotatable bonds is 7. The van der Waals surface area contributed by atoms with Gasteiger partial charge in [0.05, 0.1) is 0 Å². The molecule has 4 rings (SSSR count). The summed E-state index contributed by atoms with van der Waals surface area (Å²) in [4.78, 5) is 17.4. The zero-order chi connectivity index (χ0) is 19.2. The van der Waals surface area contributed by atoms with Crippen LogP contribution in [0.4, 0.5) is 0 Å². The van der Waals surface area contributed by atoms with Crippen molar-refractivity contribution in [3.05, 3.63) is 59.7 Å². The summed E-state index contributed by atoms with van der Waals surface area (Å²) in [5.74, 6) is 1.74. The number of ether oxygens (including phenoxy) is 2. The summed E-state index contributed by atoms with van der Waals surface area (Å²) in [6.45, 7) is 4.55. The van der Waals surface area contributed by atoms with Crippen LogP contribution in [0.3, 0.4) is 0 Å². The van der Waals surface area contributed by atoms with Crippen LogP contribution in [0.25, 0.3) is 0 Å². The van der Waals surface area contributed by atoms with Crippen LogP contribution >= 0.6 is 0 Å². The molecule has 5 heteroatoms. The Bertz CT molecular complexity index is 788. The van der Waals surface area contributed by atoms with E-state index in [1.165, 1.54) is 19.3 Å². The minimum atomic E-state index is 0.201. The van der Waals surface area contributed by atoms with Gasteiger partial charge in [-0.1, -0.05) is 42.8 Å². The second-order valence-corrected chi connectivity index (χ2v) is 7.58. The van der Waals surface area contributed by atoms with Crippen LogP contribution in [0.5, 0.6) is 11.5 Å². The SMILES string of the molecule is O=C(CCN1CCCCC1)N(Cc1ccccc1)Cc1ccc2c(c1)OCO2. The zero-order valence-corrected chi connectivity index (χ0v) is 16.3. The first-order valence-electron chi connectivity index (χ1n) is 10.2. The van der Waals surface area contributed by atoms with E-state index < -0.39 is 0 Å². The number of piperidine rings is 1.